The molecular formula is C14H17Cl2NO2. The normalized spacial score (nSPS) is 17.4. The van der Waals surface area contributed by atoms with E-state index in [4.69, 9.17) is 27.9 Å². The number of halogens is 2. The molecule has 104 valence electrons. The summed E-state index contributed by atoms with van der Waals surface area (Å²) in [5.74, 6) is -0.201. The van der Waals surface area contributed by atoms with Crippen molar-refractivity contribution in [3.63, 3.8) is 0 Å². The van der Waals surface area contributed by atoms with E-state index in [2.05, 4.69) is 4.90 Å². The van der Waals surface area contributed by atoms with Crippen molar-refractivity contribution in [1.82, 2.24) is 4.90 Å². The molecule has 2 rings (SSSR count). The van der Waals surface area contributed by atoms with Crippen LogP contribution in [0.5, 0.6) is 0 Å². The molecule has 0 amide bonds. The van der Waals surface area contributed by atoms with Crippen LogP contribution in [0, 0.1) is 0 Å². The van der Waals surface area contributed by atoms with Crippen LogP contribution in [0.2, 0.25) is 10.0 Å². The molecule has 1 aliphatic rings. The van der Waals surface area contributed by atoms with Crippen LogP contribution in [-0.4, -0.2) is 37.1 Å². The summed E-state index contributed by atoms with van der Waals surface area (Å²) in [7, 11) is 1.43. The molecule has 1 atom stereocenters. The first-order valence-corrected chi connectivity index (χ1v) is 7.13. The Labute approximate surface area is 123 Å². The minimum absolute atomic E-state index is 0.201. The number of likely N-dealkylation sites (tertiary alicyclic amines) is 1. The van der Waals surface area contributed by atoms with E-state index in [0.29, 0.717) is 16.5 Å². The first-order chi connectivity index (χ1) is 9.11. The largest absolute Gasteiger partial charge is 0.468 e. The molecule has 1 fully saturated rings. The molecular weight excluding hydrogens is 285 g/mol. The van der Waals surface area contributed by atoms with E-state index in [9.17, 15) is 4.79 Å². The minimum Gasteiger partial charge on any atom is -0.468 e. The fraction of sp³-hybridized carbons (Fsp3) is 0.500. The smallest absolute Gasteiger partial charge is 0.323 e. The summed E-state index contributed by atoms with van der Waals surface area (Å²) in [6.07, 6.45) is 2.81. The molecule has 0 unspecified atom stereocenters. The second kappa shape index (κ2) is 6.60. The number of carbonyl (C=O) groups is 1. The standard InChI is InChI=1S/C14H17Cl2NO2/c1-19-14(18)13(17-6-2-3-7-17)8-10-4-5-11(15)9-12(10)16/h4-5,9,13H,2-3,6-8H2,1H3/t13-/m1/s1. The molecule has 1 aliphatic heterocycles. The Bertz CT molecular complexity index is 459. The average Bonchev–Trinajstić information content (AvgIpc) is 2.91. The number of carbonyl (C=O) groups excluding carboxylic acids is 1. The number of ether oxygens (including phenoxy) is 1. The van der Waals surface area contributed by atoms with E-state index in [0.717, 1.165) is 31.5 Å². The molecule has 0 aliphatic carbocycles. The van der Waals surface area contributed by atoms with Gasteiger partial charge in [0.2, 0.25) is 0 Å². The van der Waals surface area contributed by atoms with Crippen LogP contribution < -0.4 is 0 Å². The molecule has 1 heterocycles. The molecule has 0 saturated carbocycles. The van der Waals surface area contributed by atoms with Gasteiger partial charge in [-0.25, -0.2) is 0 Å². The molecule has 0 bridgehead atoms. The third kappa shape index (κ3) is 3.62. The molecule has 1 saturated heterocycles. The number of nitrogens with zero attached hydrogens (tertiary/aromatic N) is 1. The zero-order chi connectivity index (χ0) is 13.8. The molecule has 1 aromatic carbocycles. The van der Waals surface area contributed by atoms with E-state index < -0.39 is 0 Å². The summed E-state index contributed by atoms with van der Waals surface area (Å²) in [5.41, 5.74) is 0.924. The van der Waals surface area contributed by atoms with Crippen LogP contribution in [0.4, 0.5) is 0 Å². The van der Waals surface area contributed by atoms with Gasteiger partial charge in [0.05, 0.1) is 7.11 Å². The van der Waals surface area contributed by atoms with Gasteiger partial charge in [-0.05, 0) is 43.6 Å². The van der Waals surface area contributed by atoms with Gasteiger partial charge in [-0.1, -0.05) is 29.3 Å². The molecule has 0 spiro atoms. The Hall–Kier alpha value is -0.770. The number of hydrogen-bond donors (Lipinski definition) is 0. The molecule has 0 N–H and O–H groups in total. The lowest BCUT2D eigenvalue weighted by molar-refractivity contribution is -0.146. The van der Waals surface area contributed by atoms with Crippen LogP contribution in [-0.2, 0) is 16.0 Å². The van der Waals surface area contributed by atoms with Gasteiger partial charge in [-0.2, -0.15) is 0 Å². The van der Waals surface area contributed by atoms with E-state index in [1.165, 1.54) is 7.11 Å². The maximum atomic E-state index is 11.9. The quantitative estimate of drug-likeness (QED) is 0.800. The number of hydrogen-bond acceptors (Lipinski definition) is 3. The molecule has 1 aromatic rings. The summed E-state index contributed by atoms with van der Waals surface area (Å²) in [5, 5.41) is 1.20. The number of methoxy groups -OCH3 is 1. The molecule has 3 nitrogen and oxygen atoms in total. The van der Waals surface area contributed by atoms with E-state index in [-0.39, 0.29) is 12.0 Å². The highest BCUT2D eigenvalue weighted by molar-refractivity contribution is 6.35. The fourth-order valence-electron chi connectivity index (χ4n) is 2.45. The first kappa shape index (κ1) is 14.6. The summed E-state index contributed by atoms with van der Waals surface area (Å²) in [4.78, 5) is 14.1. The monoisotopic (exact) mass is 301 g/mol. The van der Waals surface area contributed by atoms with Crippen molar-refractivity contribution in [2.45, 2.75) is 25.3 Å². The van der Waals surface area contributed by atoms with Crippen molar-refractivity contribution >= 4 is 29.2 Å². The van der Waals surface area contributed by atoms with Crippen molar-refractivity contribution in [3.05, 3.63) is 33.8 Å². The lowest BCUT2D eigenvalue weighted by Gasteiger charge is -2.25. The zero-order valence-corrected chi connectivity index (χ0v) is 12.4. The SMILES string of the molecule is COC(=O)[C@@H](Cc1ccc(Cl)cc1Cl)N1CCCC1. The van der Waals surface area contributed by atoms with Gasteiger partial charge in [0, 0.05) is 16.5 Å². The van der Waals surface area contributed by atoms with Gasteiger partial charge in [0.1, 0.15) is 6.04 Å². The van der Waals surface area contributed by atoms with Crippen LogP contribution in [0.15, 0.2) is 18.2 Å². The van der Waals surface area contributed by atoms with Crippen LogP contribution >= 0.6 is 23.2 Å². The van der Waals surface area contributed by atoms with E-state index in [1.54, 1.807) is 12.1 Å². The lowest BCUT2D eigenvalue weighted by Crippen LogP contribution is -2.41. The maximum Gasteiger partial charge on any atom is 0.323 e. The third-order valence-corrected chi connectivity index (χ3v) is 4.07. The summed E-state index contributed by atoms with van der Waals surface area (Å²) < 4.78 is 4.91. The van der Waals surface area contributed by atoms with Gasteiger partial charge < -0.3 is 4.74 Å². The summed E-state index contributed by atoms with van der Waals surface area (Å²) >= 11 is 12.1. The van der Waals surface area contributed by atoms with Crippen molar-refractivity contribution in [2.24, 2.45) is 0 Å². The van der Waals surface area contributed by atoms with Crippen LogP contribution in [0.1, 0.15) is 18.4 Å². The van der Waals surface area contributed by atoms with E-state index in [1.807, 2.05) is 6.07 Å². The van der Waals surface area contributed by atoms with Crippen LogP contribution in [0.25, 0.3) is 0 Å². The molecule has 0 radical (unpaired) electrons. The second-order valence-corrected chi connectivity index (χ2v) is 5.57. The number of benzene rings is 1. The Morgan fingerprint density at radius 1 is 1.37 bits per heavy atom. The highest BCUT2D eigenvalue weighted by atomic mass is 35.5. The highest BCUT2D eigenvalue weighted by Gasteiger charge is 2.29. The van der Waals surface area contributed by atoms with Gasteiger partial charge in [-0.3, -0.25) is 9.69 Å². The predicted molar refractivity (Wildman–Crippen MR) is 76.8 cm³/mol. The third-order valence-electron chi connectivity index (χ3n) is 3.48. The second-order valence-electron chi connectivity index (χ2n) is 4.72. The Morgan fingerprint density at radius 2 is 2.05 bits per heavy atom. The van der Waals surface area contributed by atoms with Crippen molar-refractivity contribution < 1.29 is 9.53 Å². The highest BCUT2D eigenvalue weighted by Crippen LogP contribution is 2.24. The maximum absolute atomic E-state index is 11.9. The van der Waals surface area contributed by atoms with Gasteiger partial charge in [0.25, 0.3) is 0 Å². The summed E-state index contributed by atoms with van der Waals surface area (Å²) in [6.45, 7) is 1.87. The lowest BCUT2D eigenvalue weighted by atomic mass is 10.0. The van der Waals surface area contributed by atoms with E-state index >= 15 is 0 Å². The minimum atomic E-state index is -0.258. The van der Waals surface area contributed by atoms with Crippen molar-refractivity contribution in [2.75, 3.05) is 20.2 Å². The van der Waals surface area contributed by atoms with Crippen molar-refractivity contribution in [1.29, 1.82) is 0 Å². The van der Waals surface area contributed by atoms with Crippen molar-refractivity contribution in [3.8, 4) is 0 Å². The van der Waals surface area contributed by atoms with Crippen LogP contribution in [0.3, 0.4) is 0 Å². The molecule has 19 heavy (non-hydrogen) atoms. The Morgan fingerprint density at radius 3 is 2.63 bits per heavy atom. The molecule has 0 aromatic heterocycles. The fourth-order valence-corrected chi connectivity index (χ4v) is 2.93. The average molecular weight is 302 g/mol. The first-order valence-electron chi connectivity index (χ1n) is 6.37. The zero-order valence-electron chi connectivity index (χ0n) is 10.9. The number of esters is 1. The Balaban J connectivity index is 2.17. The topological polar surface area (TPSA) is 29.5 Å². The summed E-state index contributed by atoms with van der Waals surface area (Å²) in [6, 6.07) is 5.11. The van der Waals surface area contributed by atoms with Gasteiger partial charge in [-0.15, -0.1) is 0 Å². The van der Waals surface area contributed by atoms with Gasteiger partial charge in [0.15, 0.2) is 0 Å². The number of rotatable bonds is 4. The predicted octanol–water partition coefficient (Wildman–Crippen LogP) is 3.17. The molecule has 5 heteroatoms. The van der Waals surface area contributed by atoms with Gasteiger partial charge >= 0.3 is 5.97 Å². The Kier molecular flexibility index (Phi) is 5.08.